The second-order valence-corrected chi connectivity index (χ2v) is 8.60. The van der Waals surface area contributed by atoms with E-state index in [0.29, 0.717) is 0 Å². The minimum atomic E-state index is -0.699. The summed E-state index contributed by atoms with van der Waals surface area (Å²) in [6, 6.07) is 9.94. The first-order valence-corrected chi connectivity index (χ1v) is 7.63. The molecule has 0 saturated carbocycles. The van der Waals surface area contributed by atoms with Gasteiger partial charge in [0.1, 0.15) is 0 Å². The molecule has 0 amide bonds. The molecule has 0 heterocycles. The zero-order valence-electron chi connectivity index (χ0n) is 12.7. The Morgan fingerprint density at radius 1 is 1.00 bits per heavy atom. The molecule has 0 aromatic heterocycles. The summed E-state index contributed by atoms with van der Waals surface area (Å²) in [6.45, 7) is 12.2. The van der Waals surface area contributed by atoms with Crippen LogP contribution in [0.15, 0.2) is 30.3 Å². The fraction of sp³-hybridized carbons (Fsp3) is 0.562. The molecule has 0 aliphatic rings. The molecule has 1 unspecified atom stereocenters. The van der Waals surface area contributed by atoms with Crippen LogP contribution < -0.4 is 5.32 Å². The average molecular weight is 373 g/mol. The van der Waals surface area contributed by atoms with Crippen LogP contribution in [-0.2, 0) is 8.34 Å². The highest BCUT2D eigenvalue weighted by Crippen LogP contribution is 2.38. The second kappa shape index (κ2) is 5.52. The maximum Gasteiger partial charge on any atom is 0.172 e. The maximum absolute atomic E-state index is 12.9. The third kappa shape index (κ3) is 4.28. The van der Waals surface area contributed by atoms with Crippen LogP contribution >= 0.6 is 22.6 Å². The summed E-state index contributed by atoms with van der Waals surface area (Å²) in [5, 5.41) is 3.49. The van der Waals surface area contributed by atoms with Crippen LogP contribution in [-0.4, -0.2) is 11.3 Å². The number of halogens is 1. The van der Waals surface area contributed by atoms with E-state index in [1.54, 1.807) is 0 Å². The lowest BCUT2D eigenvalue weighted by Gasteiger charge is -2.39. The number of rotatable bonds is 3. The summed E-state index contributed by atoms with van der Waals surface area (Å²) in [4.78, 5) is 12.9. The van der Waals surface area contributed by atoms with E-state index in [1.807, 2.05) is 51.1 Å². The summed E-state index contributed by atoms with van der Waals surface area (Å²) >= 11 is 2.26. The summed E-state index contributed by atoms with van der Waals surface area (Å²) in [5.74, 6) is 0.196. The Hall–Kier alpha value is -0.420. The molecular formula is C16H24INO. The molecule has 3 heteroatoms. The first kappa shape index (κ1) is 16.6. The molecule has 19 heavy (non-hydrogen) atoms. The third-order valence-corrected chi connectivity index (χ3v) is 4.10. The van der Waals surface area contributed by atoms with E-state index in [1.165, 1.54) is 0 Å². The van der Waals surface area contributed by atoms with Crippen LogP contribution in [0, 0.1) is 5.41 Å². The Labute approximate surface area is 130 Å². The molecule has 0 fully saturated rings. The van der Waals surface area contributed by atoms with Gasteiger partial charge in [0, 0.05) is 11.0 Å². The molecule has 0 aliphatic heterocycles. The van der Waals surface area contributed by atoms with E-state index >= 15 is 0 Å². The summed E-state index contributed by atoms with van der Waals surface area (Å²) in [5.41, 5.74) is 0.471. The van der Waals surface area contributed by atoms with Gasteiger partial charge >= 0.3 is 0 Å². The van der Waals surface area contributed by atoms with Gasteiger partial charge in [-0.1, -0.05) is 51.1 Å². The SMILES string of the molecule is CC(C)(C)NC(I)(C(=O)C(C)(C)C)c1ccccc1. The zero-order valence-corrected chi connectivity index (χ0v) is 14.8. The smallest absolute Gasteiger partial charge is 0.172 e. The quantitative estimate of drug-likeness (QED) is 0.487. The molecule has 1 N–H and O–H groups in total. The average Bonchev–Trinajstić information content (AvgIpc) is 2.25. The van der Waals surface area contributed by atoms with Gasteiger partial charge in [0.15, 0.2) is 9.33 Å². The highest BCUT2D eigenvalue weighted by Gasteiger charge is 2.44. The summed E-state index contributed by atoms with van der Waals surface area (Å²) in [7, 11) is 0. The van der Waals surface area contributed by atoms with Gasteiger partial charge < -0.3 is 0 Å². The van der Waals surface area contributed by atoms with Crippen LogP contribution in [0.25, 0.3) is 0 Å². The predicted molar refractivity (Wildman–Crippen MR) is 89.5 cm³/mol. The molecule has 1 aromatic carbocycles. The molecule has 106 valence electrons. The molecule has 0 bridgehead atoms. The normalized spacial score (nSPS) is 15.9. The fourth-order valence-electron chi connectivity index (χ4n) is 1.96. The number of nitrogens with one attached hydrogen (secondary N) is 1. The summed E-state index contributed by atoms with van der Waals surface area (Å²) < 4.78 is -0.699. The third-order valence-electron chi connectivity index (χ3n) is 2.71. The highest BCUT2D eigenvalue weighted by molar-refractivity contribution is 14.1. The second-order valence-electron chi connectivity index (χ2n) is 6.98. The van der Waals surface area contributed by atoms with Crippen LogP contribution in [0.2, 0.25) is 0 Å². The van der Waals surface area contributed by atoms with Crippen LogP contribution in [0.5, 0.6) is 0 Å². The minimum Gasteiger partial charge on any atom is -0.296 e. The van der Waals surface area contributed by atoms with Crippen molar-refractivity contribution >= 4 is 28.4 Å². The van der Waals surface area contributed by atoms with Crippen molar-refractivity contribution in [2.24, 2.45) is 5.41 Å². The van der Waals surface area contributed by atoms with Crippen molar-refractivity contribution in [3.63, 3.8) is 0 Å². The number of hydrogen-bond acceptors (Lipinski definition) is 2. The maximum atomic E-state index is 12.9. The number of Topliss-reactive ketones (excluding diaryl/α,β-unsaturated/α-hetero) is 1. The van der Waals surface area contributed by atoms with Gasteiger partial charge in [0.2, 0.25) is 0 Å². The lowest BCUT2D eigenvalue weighted by Crippen LogP contribution is -2.55. The van der Waals surface area contributed by atoms with Crippen molar-refractivity contribution in [2.45, 2.75) is 50.6 Å². The molecule has 1 atom stereocenters. The Morgan fingerprint density at radius 3 is 1.84 bits per heavy atom. The lowest BCUT2D eigenvalue weighted by molar-refractivity contribution is -0.129. The van der Waals surface area contributed by atoms with Crippen LogP contribution in [0.4, 0.5) is 0 Å². The van der Waals surface area contributed by atoms with E-state index in [2.05, 4.69) is 48.7 Å². The Morgan fingerprint density at radius 2 is 1.47 bits per heavy atom. The van der Waals surface area contributed by atoms with E-state index in [-0.39, 0.29) is 11.3 Å². The monoisotopic (exact) mass is 373 g/mol. The van der Waals surface area contributed by atoms with Crippen molar-refractivity contribution in [2.75, 3.05) is 0 Å². The molecule has 1 rings (SSSR count). The summed E-state index contributed by atoms with van der Waals surface area (Å²) in [6.07, 6.45) is 0. The van der Waals surface area contributed by atoms with Gasteiger partial charge in [0.25, 0.3) is 0 Å². The standard InChI is InChI=1S/C16H24INO/c1-14(2,3)13(19)16(17,18-15(4,5)6)12-10-8-7-9-11-12/h7-11,18H,1-6H3. The van der Waals surface area contributed by atoms with E-state index < -0.39 is 8.96 Å². The molecule has 0 aliphatic carbocycles. The van der Waals surface area contributed by atoms with Crippen molar-refractivity contribution in [1.29, 1.82) is 0 Å². The van der Waals surface area contributed by atoms with Crippen LogP contribution in [0.3, 0.4) is 0 Å². The first-order chi connectivity index (χ1) is 8.47. The van der Waals surface area contributed by atoms with Gasteiger partial charge in [-0.2, -0.15) is 0 Å². The van der Waals surface area contributed by atoms with Crippen molar-refractivity contribution in [3.05, 3.63) is 35.9 Å². The molecule has 1 aromatic rings. The molecule has 0 saturated heterocycles. The van der Waals surface area contributed by atoms with E-state index in [0.717, 1.165) is 5.56 Å². The predicted octanol–water partition coefficient (Wildman–Crippen LogP) is 4.28. The number of alkyl halides is 1. The van der Waals surface area contributed by atoms with Gasteiger partial charge in [-0.25, -0.2) is 0 Å². The van der Waals surface area contributed by atoms with Gasteiger partial charge in [-0.15, -0.1) is 0 Å². The number of hydrogen-bond donors (Lipinski definition) is 1. The van der Waals surface area contributed by atoms with Crippen molar-refractivity contribution in [1.82, 2.24) is 5.32 Å². The minimum absolute atomic E-state index is 0.141. The van der Waals surface area contributed by atoms with Gasteiger partial charge in [0.05, 0.1) is 0 Å². The fourth-order valence-corrected chi connectivity index (χ4v) is 3.94. The van der Waals surface area contributed by atoms with Crippen LogP contribution in [0.1, 0.15) is 47.1 Å². The van der Waals surface area contributed by atoms with Crippen molar-refractivity contribution < 1.29 is 4.79 Å². The van der Waals surface area contributed by atoms with Crippen molar-refractivity contribution in [3.8, 4) is 0 Å². The van der Waals surface area contributed by atoms with E-state index in [4.69, 9.17) is 0 Å². The number of carbonyl (C=O) groups is 1. The van der Waals surface area contributed by atoms with Gasteiger partial charge in [-0.3, -0.25) is 10.1 Å². The first-order valence-electron chi connectivity index (χ1n) is 6.55. The Kier molecular flexibility index (Phi) is 4.84. The zero-order chi connectivity index (χ0) is 14.9. The molecular weight excluding hydrogens is 349 g/mol. The lowest BCUT2D eigenvalue weighted by atomic mass is 9.83. The highest BCUT2D eigenvalue weighted by atomic mass is 127. The number of ketones is 1. The topological polar surface area (TPSA) is 29.1 Å². The Balaban J connectivity index is 3.30. The number of carbonyl (C=O) groups excluding carboxylic acids is 1. The molecule has 0 radical (unpaired) electrons. The largest absolute Gasteiger partial charge is 0.296 e. The van der Waals surface area contributed by atoms with E-state index in [9.17, 15) is 4.79 Å². The molecule has 2 nitrogen and oxygen atoms in total. The number of benzene rings is 1. The van der Waals surface area contributed by atoms with Gasteiger partial charge in [-0.05, 0) is 48.9 Å². The Bertz CT molecular complexity index is 442. The molecule has 0 spiro atoms.